The highest BCUT2D eigenvalue weighted by molar-refractivity contribution is 7.80. The van der Waals surface area contributed by atoms with Crippen molar-refractivity contribution in [1.82, 2.24) is 10.6 Å². The normalized spacial score (nSPS) is 15.3. The Morgan fingerprint density at radius 3 is 1.91 bits per heavy atom. The Morgan fingerprint density at radius 2 is 1.55 bits per heavy atom. The number of rotatable bonds is 9. The van der Waals surface area contributed by atoms with Crippen molar-refractivity contribution >= 4 is 30.4 Å². The number of nitrogens with one attached hydrogen (secondary N) is 2. The van der Waals surface area contributed by atoms with Gasteiger partial charge in [-0.25, -0.2) is 4.79 Å². The third-order valence-corrected chi connectivity index (χ3v) is 3.52. The summed E-state index contributed by atoms with van der Waals surface area (Å²) in [6.45, 7) is 7.43. The van der Waals surface area contributed by atoms with E-state index < -0.39 is 35.9 Å². The summed E-state index contributed by atoms with van der Waals surface area (Å²) in [5.41, 5.74) is 5.76. The fourth-order valence-corrected chi connectivity index (χ4v) is 1.98. The Labute approximate surface area is 136 Å². The third kappa shape index (κ3) is 7.13. The van der Waals surface area contributed by atoms with Gasteiger partial charge in [0.1, 0.15) is 12.1 Å². The first-order valence-electron chi connectivity index (χ1n) is 7.30. The van der Waals surface area contributed by atoms with Crippen LogP contribution in [0.1, 0.15) is 34.1 Å². The number of aliphatic carboxylic acids is 1. The van der Waals surface area contributed by atoms with Crippen LogP contribution in [0.2, 0.25) is 0 Å². The molecule has 8 heteroatoms. The first-order chi connectivity index (χ1) is 10.1. The van der Waals surface area contributed by atoms with Crippen LogP contribution in [-0.2, 0) is 14.4 Å². The molecule has 0 rings (SSSR count). The van der Waals surface area contributed by atoms with E-state index in [9.17, 15) is 14.4 Å². The van der Waals surface area contributed by atoms with Gasteiger partial charge in [0.2, 0.25) is 11.8 Å². The van der Waals surface area contributed by atoms with Crippen molar-refractivity contribution in [2.75, 3.05) is 5.75 Å². The predicted octanol–water partition coefficient (Wildman–Crippen LogP) is -0.000200. The second-order valence-corrected chi connectivity index (χ2v) is 6.41. The minimum absolute atomic E-state index is 0.0328. The van der Waals surface area contributed by atoms with Crippen molar-refractivity contribution < 1.29 is 19.5 Å². The lowest BCUT2D eigenvalue weighted by Crippen LogP contribution is -2.55. The van der Waals surface area contributed by atoms with Crippen LogP contribution in [0.15, 0.2) is 0 Å². The number of carboxylic acids is 1. The molecule has 0 saturated heterocycles. The van der Waals surface area contributed by atoms with Gasteiger partial charge >= 0.3 is 5.97 Å². The second kappa shape index (κ2) is 9.68. The largest absolute Gasteiger partial charge is 0.480 e. The maximum Gasteiger partial charge on any atom is 0.327 e. The molecule has 0 aromatic heterocycles. The smallest absolute Gasteiger partial charge is 0.327 e. The standard InChI is InChI=1S/C14H27N3O4S/c1-7(2)5-9(16-13(19)11(15)8(3)4)12(18)17-10(6-22)14(20)21/h7-11,22H,5-6,15H2,1-4H3,(H,16,19)(H,17,18)(H,20,21). The molecule has 128 valence electrons. The first kappa shape index (κ1) is 20.7. The van der Waals surface area contributed by atoms with E-state index in [1.54, 1.807) is 0 Å². The Balaban J connectivity index is 4.93. The van der Waals surface area contributed by atoms with E-state index in [0.29, 0.717) is 6.42 Å². The fraction of sp³-hybridized carbons (Fsp3) is 0.786. The molecule has 0 fully saturated rings. The molecule has 3 atom stereocenters. The van der Waals surface area contributed by atoms with Gasteiger partial charge in [-0.3, -0.25) is 9.59 Å². The van der Waals surface area contributed by atoms with Crippen molar-refractivity contribution in [3.63, 3.8) is 0 Å². The van der Waals surface area contributed by atoms with Gasteiger partial charge < -0.3 is 21.5 Å². The van der Waals surface area contributed by atoms with Gasteiger partial charge in [0.25, 0.3) is 0 Å². The maximum absolute atomic E-state index is 12.2. The number of hydrogen-bond acceptors (Lipinski definition) is 5. The molecule has 3 unspecified atom stereocenters. The zero-order valence-electron chi connectivity index (χ0n) is 13.5. The third-order valence-electron chi connectivity index (χ3n) is 3.16. The number of nitrogens with two attached hydrogens (primary N) is 1. The summed E-state index contributed by atoms with van der Waals surface area (Å²) in [6.07, 6.45) is 0.390. The van der Waals surface area contributed by atoms with Crippen LogP contribution in [0.3, 0.4) is 0 Å². The molecule has 0 heterocycles. The Morgan fingerprint density at radius 1 is 1.05 bits per heavy atom. The molecule has 0 bridgehead atoms. The fourth-order valence-electron chi connectivity index (χ4n) is 1.73. The van der Waals surface area contributed by atoms with Crippen LogP contribution in [0.4, 0.5) is 0 Å². The Kier molecular flexibility index (Phi) is 9.12. The van der Waals surface area contributed by atoms with Gasteiger partial charge in [0.15, 0.2) is 0 Å². The average molecular weight is 333 g/mol. The lowest BCUT2D eigenvalue weighted by Gasteiger charge is -2.24. The molecule has 0 aliphatic rings. The van der Waals surface area contributed by atoms with Crippen molar-refractivity contribution in [1.29, 1.82) is 0 Å². The molecular formula is C14H27N3O4S. The number of amides is 2. The second-order valence-electron chi connectivity index (χ2n) is 6.04. The number of carbonyl (C=O) groups is 3. The van der Waals surface area contributed by atoms with Crippen LogP contribution < -0.4 is 16.4 Å². The highest BCUT2D eigenvalue weighted by Gasteiger charge is 2.28. The van der Waals surface area contributed by atoms with Gasteiger partial charge in [0, 0.05) is 5.75 Å². The SMILES string of the molecule is CC(C)CC(NC(=O)C(N)C(C)C)C(=O)NC(CS)C(=O)O. The Bertz CT molecular complexity index is 402. The van der Waals surface area contributed by atoms with E-state index in [2.05, 4.69) is 23.3 Å². The van der Waals surface area contributed by atoms with Crippen LogP contribution in [0, 0.1) is 11.8 Å². The highest BCUT2D eigenvalue weighted by atomic mass is 32.1. The van der Waals surface area contributed by atoms with Crippen molar-refractivity contribution in [3.05, 3.63) is 0 Å². The summed E-state index contributed by atoms with van der Waals surface area (Å²) in [7, 11) is 0. The number of thiol groups is 1. The molecular weight excluding hydrogens is 306 g/mol. The summed E-state index contributed by atoms with van der Waals surface area (Å²) in [5, 5.41) is 13.9. The maximum atomic E-state index is 12.2. The van der Waals surface area contributed by atoms with Gasteiger partial charge in [-0.05, 0) is 18.3 Å². The highest BCUT2D eigenvalue weighted by Crippen LogP contribution is 2.07. The van der Waals surface area contributed by atoms with Crippen LogP contribution in [0.5, 0.6) is 0 Å². The predicted molar refractivity (Wildman–Crippen MR) is 87.6 cm³/mol. The zero-order valence-corrected chi connectivity index (χ0v) is 14.4. The van der Waals surface area contributed by atoms with Crippen LogP contribution in [0.25, 0.3) is 0 Å². The van der Waals surface area contributed by atoms with Crippen LogP contribution >= 0.6 is 12.6 Å². The summed E-state index contributed by atoms with van der Waals surface area (Å²) >= 11 is 3.89. The molecule has 2 amide bonds. The van der Waals surface area contributed by atoms with E-state index in [1.807, 2.05) is 27.7 Å². The van der Waals surface area contributed by atoms with Gasteiger partial charge in [-0.1, -0.05) is 27.7 Å². The molecule has 7 nitrogen and oxygen atoms in total. The van der Waals surface area contributed by atoms with E-state index in [0.717, 1.165) is 0 Å². The van der Waals surface area contributed by atoms with E-state index >= 15 is 0 Å². The molecule has 0 aliphatic heterocycles. The van der Waals surface area contributed by atoms with Gasteiger partial charge in [-0.2, -0.15) is 12.6 Å². The summed E-state index contributed by atoms with van der Waals surface area (Å²) in [5.74, 6) is -2.09. The lowest BCUT2D eigenvalue weighted by atomic mass is 10.0. The van der Waals surface area contributed by atoms with Crippen LogP contribution in [-0.4, -0.2) is 46.8 Å². The van der Waals surface area contributed by atoms with Crippen molar-refractivity contribution in [2.45, 2.75) is 52.2 Å². The minimum atomic E-state index is -1.17. The summed E-state index contributed by atoms with van der Waals surface area (Å²) in [6, 6.07) is -2.64. The van der Waals surface area contributed by atoms with E-state index in [1.165, 1.54) is 0 Å². The topological polar surface area (TPSA) is 122 Å². The van der Waals surface area contributed by atoms with Crippen molar-refractivity contribution in [2.24, 2.45) is 17.6 Å². The zero-order chi connectivity index (χ0) is 17.4. The number of hydrogen-bond donors (Lipinski definition) is 5. The number of carbonyl (C=O) groups excluding carboxylic acids is 2. The van der Waals surface area contributed by atoms with Gasteiger partial charge in [0.05, 0.1) is 6.04 Å². The molecule has 0 aliphatic carbocycles. The summed E-state index contributed by atoms with van der Waals surface area (Å²) in [4.78, 5) is 35.2. The van der Waals surface area contributed by atoms with E-state index in [-0.39, 0.29) is 17.6 Å². The Hall–Kier alpha value is -1.28. The molecule has 0 spiro atoms. The monoisotopic (exact) mass is 333 g/mol. The van der Waals surface area contributed by atoms with Crippen molar-refractivity contribution in [3.8, 4) is 0 Å². The molecule has 0 radical (unpaired) electrons. The van der Waals surface area contributed by atoms with Gasteiger partial charge in [-0.15, -0.1) is 0 Å². The molecule has 5 N–H and O–H groups in total. The molecule has 0 saturated carbocycles. The first-order valence-corrected chi connectivity index (χ1v) is 7.93. The minimum Gasteiger partial charge on any atom is -0.480 e. The molecule has 22 heavy (non-hydrogen) atoms. The quantitative estimate of drug-likeness (QED) is 0.380. The van der Waals surface area contributed by atoms with E-state index in [4.69, 9.17) is 10.8 Å². The molecule has 0 aromatic carbocycles. The average Bonchev–Trinajstić information content (AvgIpc) is 2.41. The number of carboxylic acid groups (broad SMARTS) is 1. The lowest BCUT2D eigenvalue weighted by molar-refractivity contribution is -0.141. The summed E-state index contributed by atoms with van der Waals surface area (Å²) < 4.78 is 0. The molecule has 0 aromatic rings.